The first-order chi connectivity index (χ1) is 38.3. The molecule has 0 heteroatoms. The maximum Gasteiger partial charge on any atom is -0.0105 e. The van der Waals surface area contributed by atoms with E-state index in [4.69, 9.17) is 0 Å². The van der Waals surface area contributed by atoms with Gasteiger partial charge in [0.2, 0.25) is 0 Å². The largest absolute Gasteiger partial charge is 0.0622 e. The van der Waals surface area contributed by atoms with Gasteiger partial charge >= 0.3 is 0 Å². The Morgan fingerprint density at radius 3 is 0.641 bits per heavy atom. The molecule has 374 valence electrons. The van der Waals surface area contributed by atoms with Crippen LogP contribution in [0.2, 0.25) is 0 Å². The molecule has 0 aromatic heterocycles. The molecule has 0 spiro atoms. The van der Waals surface area contributed by atoms with Gasteiger partial charge in [-0.25, -0.2) is 0 Å². The Labute approximate surface area is 462 Å². The molecule has 78 heavy (non-hydrogen) atoms. The second-order valence-corrected chi connectivity index (χ2v) is 20.2. The molecule has 0 aliphatic heterocycles. The molecule has 0 atom stereocenters. The van der Waals surface area contributed by atoms with Crippen LogP contribution in [0.3, 0.4) is 0 Å². The van der Waals surface area contributed by atoms with Gasteiger partial charge in [-0.3, -0.25) is 0 Å². The molecule has 0 fully saturated rings. The van der Waals surface area contributed by atoms with Crippen molar-refractivity contribution in [2.75, 3.05) is 0 Å². The molecule has 0 bridgehead atoms. The Bertz CT molecular complexity index is 3450. The maximum atomic E-state index is 2.32. The number of hydrogen-bond donors (Lipinski definition) is 0. The summed E-state index contributed by atoms with van der Waals surface area (Å²) in [7, 11) is 0. The molecule has 0 aliphatic carbocycles. The highest BCUT2D eigenvalue weighted by atomic mass is 14.2. The molecule has 0 amide bonds. The second kappa shape index (κ2) is 23.5. The van der Waals surface area contributed by atoms with Crippen LogP contribution in [0.5, 0.6) is 0 Å². The zero-order valence-electron chi connectivity index (χ0n) is 44.9. The molecule has 11 aromatic carbocycles. The van der Waals surface area contributed by atoms with Crippen molar-refractivity contribution < 1.29 is 0 Å². The van der Waals surface area contributed by atoms with E-state index >= 15 is 0 Å². The van der Waals surface area contributed by atoms with Crippen LogP contribution >= 0.6 is 0 Å². The highest BCUT2D eigenvalue weighted by Gasteiger charge is 2.14. The fraction of sp³-hybridized carbons (Fsp3) is 0.0513. The number of benzene rings is 11. The smallest absolute Gasteiger partial charge is 0.0105 e. The monoisotopic (exact) mass is 998 g/mol. The summed E-state index contributed by atoms with van der Waals surface area (Å²) in [6.45, 7) is 9.04. The number of hydrogen-bond acceptors (Lipinski definition) is 0. The van der Waals surface area contributed by atoms with Crippen molar-refractivity contribution in [3.8, 4) is 44.5 Å². The van der Waals surface area contributed by atoms with Gasteiger partial charge in [-0.2, -0.15) is 0 Å². The van der Waals surface area contributed by atoms with Gasteiger partial charge in [-0.05, 0) is 173 Å². The minimum absolute atomic E-state index is 1.16. The minimum atomic E-state index is 1.16. The van der Waals surface area contributed by atoms with Crippen LogP contribution in [-0.2, 0) is 0 Å². The molecule has 11 aromatic rings. The van der Waals surface area contributed by atoms with Gasteiger partial charge in [0.1, 0.15) is 0 Å². The van der Waals surface area contributed by atoms with Crippen molar-refractivity contribution in [2.45, 2.75) is 27.7 Å². The lowest BCUT2D eigenvalue weighted by atomic mass is 9.88. The molecule has 11 rings (SSSR count). The molecule has 0 N–H and O–H groups in total. The molecular formula is C78H62. The van der Waals surface area contributed by atoms with Crippen molar-refractivity contribution in [3.05, 3.63) is 345 Å². The zero-order valence-corrected chi connectivity index (χ0v) is 44.9. The van der Waals surface area contributed by atoms with E-state index in [9.17, 15) is 0 Å². The van der Waals surface area contributed by atoms with Crippen LogP contribution in [0.4, 0.5) is 0 Å². The first kappa shape index (κ1) is 50.5. The molecule has 0 aliphatic rings. The van der Waals surface area contributed by atoms with E-state index in [0.717, 1.165) is 11.1 Å². The third kappa shape index (κ3) is 11.6. The van der Waals surface area contributed by atoms with Gasteiger partial charge in [0.25, 0.3) is 0 Å². The molecule has 0 unspecified atom stereocenters. The lowest BCUT2D eigenvalue weighted by molar-refractivity contribution is 1.21. The van der Waals surface area contributed by atoms with Gasteiger partial charge < -0.3 is 0 Å². The van der Waals surface area contributed by atoms with Crippen LogP contribution in [0.15, 0.2) is 267 Å². The molecule has 0 saturated heterocycles. The van der Waals surface area contributed by atoms with E-state index in [1.807, 2.05) is 0 Å². The van der Waals surface area contributed by atoms with Crippen LogP contribution < -0.4 is 0 Å². The summed E-state index contributed by atoms with van der Waals surface area (Å²) in [6.07, 6.45) is 13.7. The highest BCUT2D eigenvalue weighted by molar-refractivity contribution is 5.94. The Morgan fingerprint density at radius 1 is 0.205 bits per heavy atom. The summed E-state index contributed by atoms with van der Waals surface area (Å²) in [5, 5.41) is 0. The van der Waals surface area contributed by atoms with E-state index in [2.05, 4.69) is 331 Å². The topological polar surface area (TPSA) is 0 Å². The average molecular weight is 999 g/mol. The fourth-order valence-corrected chi connectivity index (χ4v) is 10.5. The first-order valence-corrected chi connectivity index (χ1v) is 27.0. The predicted octanol–water partition coefficient (Wildman–Crippen LogP) is 21.1. The SMILES string of the molecule is Cc1c(C)c(C=Cc2ccc(C=C(c3ccc(-c4ccccc4)cc3)c3ccc(-c4ccccc4)cc3)cc2)c(C)c(C)c1C=Cc1ccc(C=C(c2ccc(-c3ccccc3)cc2)c2ccc(-c3ccccc3)cc2)cc1. The summed E-state index contributed by atoms with van der Waals surface area (Å²) in [4.78, 5) is 0. The van der Waals surface area contributed by atoms with Crippen molar-refractivity contribution in [1.29, 1.82) is 0 Å². The minimum Gasteiger partial charge on any atom is -0.0622 e. The third-order valence-corrected chi connectivity index (χ3v) is 15.3. The van der Waals surface area contributed by atoms with Crippen molar-refractivity contribution in [1.82, 2.24) is 0 Å². The quantitative estimate of drug-likeness (QED) is 0.0953. The van der Waals surface area contributed by atoms with Crippen LogP contribution in [0, 0.1) is 27.7 Å². The molecule has 0 radical (unpaired) electrons. The Hall–Kier alpha value is -9.62. The standard InChI is InChI=1S/C78H62/c1-55-56(2)76(52-34-60-27-31-62(32-28-60)54-78(73-47-39-69(40-48-73)65-21-13-7-14-22-65)74-49-41-70(42-50-74)66-23-15-8-16-24-66)58(4)57(3)75(55)51-33-59-25-29-61(30-26-59)53-77(71-43-35-67(36-44-71)63-17-9-5-10-18-63)72-45-37-68(38-46-72)64-19-11-6-12-20-64/h5-54H,1-4H3. The van der Waals surface area contributed by atoms with Crippen molar-refractivity contribution >= 4 is 47.6 Å². The van der Waals surface area contributed by atoms with E-state index in [-0.39, 0.29) is 0 Å². The van der Waals surface area contributed by atoms with E-state index in [1.165, 1.54) is 122 Å². The maximum absolute atomic E-state index is 2.32. The Morgan fingerprint density at radius 2 is 0.410 bits per heavy atom. The zero-order chi connectivity index (χ0) is 53.2. The summed E-state index contributed by atoms with van der Waals surface area (Å²) in [5.74, 6) is 0. The summed E-state index contributed by atoms with van der Waals surface area (Å²) < 4.78 is 0. The summed E-state index contributed by atoms with van der Waals surface area (Å²) in [5.41, 5.74) is 29.2. The van der Waals surface area contributed by atoms with Crippen LogP contribution in [-0.4, -0.2) is 0 Å². The first-order valence-electron chi connectivity index (χ1n) is 27.0. The van der Waals surface area contributed by atoms with Crippen molar-refractivity contribution in [3.63, 3.8) is 0 Å². The van der Waals surface area contributed by atoms with E-state index in [1.54, 1.807) is 0 Å². The van der Waals surface area contributed by atoms with Gasteiger partial charge in [0, 0.05) is 0 Å². The van der Waals surface area contributed by atoms with Gasteiger partial charge in [0.05, 0.1) is 0 Å². The van der Waals surface area contributed by atoms with Crippen LogP contribution in [0.25, 0.3) is 92.1 Å². The third-order valence-electron chi connectivity index (χ3n) is 15.3. The van der Waals surface area contributed by atoms with Gasteiger partial charge in [-0.15, -0.1) is 0 Å². The van der Waals surface area contributed by atoms with E-state index in [0.29, 0.717) is 0 Å². The Balaban J connectivity index is 0.819. The fourth-order valence-electron chi connectivity index (χ4n) is 10.5. The predicted molar refractivity (Wildman–Crippen MR) is 338 cm³/mol. The molecule has 0 heterocycles. The van der Waals surface area contributed by atoms with Crippen molar-refractivity contribution in [2.24, 2.45) is 0 Å². The molecule has 0 nitrogen and oxygen atoms in total. The lowest BCUT2D eigenvalue weighted by Gasteiger charge is -2.17. The summed E-state index contributed by atoms with van der Waals surface area (Å²) in [6, 6.07) is 96.0. The second-order valence-electron chi connectivity index (χ2n) is 20.2. The van der Waals surface area contributed by atoms with Crippen LogP contribution in [0.1, 0.15) is 77.9 Å². The summed E-state index contributed by atoms with van der Waals surface area (Å²) >= 11 is 0. The van der Waals surface area contributed by atoms with Gasteiger partial charge in [-0.1, -0.05) is 291 Å². The highest BCUT2D eigenvalue weighted by Crippen LogP contribution is 2.35. The molecular weight excluding hydrogens is 937 g/mol. The Kier molecular flexibility index (Phi) is 15.2. The number of rotatable bonds is 14. The van der Waals surface area contributed by atoms with Gasteiger partial charge in [0.15, 0.2) is 0 Å². The van der Waals surface area contributed by atoms with E-state index < -0.39 is 0 Å². The normalized spacial score (nSPS) is 11.2. The molecule has 0 saturated carbocycles. The average Bonchev–Trinajstić information content (AvgIpc) is 3.55. The lowest BCUT2D eigenvalue weighted by Crippen LogP contribution is -1.99.